The van der Waals surface area contributed by atoms with Gasteiger partial charge >= 0.3 is 0 Å². The monoisotopic (exact) mass is 209 g/mol. The van der Waals surface area contributed by atoms with E-state index in [1.807, 2.05) is 6.92 Å². The number of halogens is 1. The van der Waals surface area contributed by atoms with Gasteiger partial charge in [-0.2, -0.15) is 0 Å². The zero-order valence-electron chi connectivity index (χ0n) is 9.05. The topological polar surface area (TPSA) is 46.2 Å². The summed E-state index contributed by atoms with van der Waals surface area (Å²) in [4.78, 5) is 0. The molecule has 1 aromatic rings. The highest BCUT2D eigenvalue weighted by atomic mass is 19.1. The lowest BCUT2D eigenvalue weighted by molar-refractivity contribution is 0.444. The minimum Gasteiger partial charge on any atom is -0.507 e. The van der Waals surface area contributed by atoms with Crippen LogP contribution < -0.4 is 5.73 Å². The summed E-state index contributed by atoms with van der Waals surface area (Å²) in [6.45, 7) is 7.26. The number of nitrogens with two attached hydrogens (primary N) is 1. The number of hydrogen-bond donors (Lipinski definition) is 2. The van der Waals surface area contributed by atoms with E-state index in [0.717, 1.165) is 5.57 Å². The molecule has 0 bridgehead atoms. The van der Waals surface area contributed by atoms with E-state index in [0.29, 0.717) is 12.0 Å². The van der Waals surface area contributed by atoms with Crippen molar-refractivity contribution in [2.75, 3.05) is 0 Å². The van der Waals surface area contributed by atoms with Crippen LogP contribution in [0.4, 0.5) is 4.39 Å². The van der Waals surface area contributed by atoms with Crippen LogP contribution in [-0.2, 0) is 0 Å². The van der Waals surface area contributed by atoms with Crippen LogP contribution in [0.25, 0.3) is 0 Å². The molecule has 1 atom stereocenters. The number of phenols is 1. The Balaban J connectivity index is 3.12. The van der Waals surface area contributed by atoms with E-state index >= 15 is 0 Å². The van der Waals surface area contributed by atoms with E-state index in [9.17, 15) is 9.50 Å². The lowest BCUT2D eigenvalue weighted by atomic mass is 9.98. The fraction of sp³-hybridized carbons (Fsp3) is 0.333. The maximum atomic E-state index is 13.5. The Bertz CT molecular complexity index is 387. The first kappa shape index (κ1) is 11.7. The molecule has 0 radical (unpaired) electrons. The first-order valence-electron chi connectivity index (χ1n) is 4.81. The SMILES string of the molecule is C=C(C)C[C@@H](N)c1c(F)ccc(C)c1O. The molecule has 0 aromatic heterocycles. The van der Waals surface area contributed by atoms with Crippen molar-refractivity contribution in [1.29, 1.82) is 0 Å². The van der Waals surface area contributed by atoms with Crippen molar-refractivity contribution in [3.05, 3.63) is 41.2 Å². The van der Waals surface area contributed by atoms with E-state index in [4.69, 9.17) is 5.73 Å². The van der Waals surface area contributed by atoms with Gasteiger partial charge in [0.1, 0.15) is 11.6 Å². The zero-order valence-corrected chi connectivity index (χ0v) is 9.05. The molecule has 0 heterocycles. The molecule has 1 aromatic carbocycles. The number of benzene rings is 1. The summed E-state index contributed by atoms with van der Waals surface area (Å²) in [7, 11) is 0. The van der Waals surface area contributed by atoms with Gasteiger partial charge in [-0.05, 0) is 31.9 Å². The van der Waals surface area contributed by atoms with Crippen LogP contribution in [0.2, 0.25) is 0 Å². The summed E-state index contributed by atoms with van der Waals surface area (Å²) in [6.07, 6.45) is 0.466. The Labute approximate surface area is 89.2 Å². The standard InChI is InChI=1S/C12H16FNO/c1-7(2)6-10(14)11-9(13)5-4-8(3)12(11)15/h4-5,10,15H,1,6,14H2,2-3H3/t10-/m1/s1. The first-order valence-corrected chi connectivity index (χ1v) is 4.81. The molecule has 0 aliphatic rings. The molecule has 3 heteroatoms. The summed E-state index contributed by atoms with van der Waals surface area (Å²) in [5.74, 6) is -0.518. The number of rotatable bonds is 3. The zero-order chi connectivity index (χ0) is 11.6. The van der Waals surface area contributed by atoms with Crippen molar-refractivity contribution in [1.82, 2.24) is 0 Å². The molecule has 15 heavy (non-hydrogen) atoms. The van der Waals surface area contributed by atoms with Gasteiger partial charge in [0.2, 0.25) is 0 Å². The predicted octanol–water partition coefficient (Wildman–Crippen LogP) is 2.81. The third-order valence-electron chi connectivity index (χ3n) is 2.30. The minimum absolute atomic E-state index is 0.0521. The average Bonchev–Trinajstić information content (AvgIpc) is 2.11. The van der Waals surface area contributed by atoms with Crippen LogP contribution in [-0.4, -0.2) is 5.11 Å². The fourth-order valence-corrected chi connectivity index (χ4v) is 1.52. The van der Waals surface area contributed by atoms with Gasteiger partial charge in [0.05, 0.1) is 0 Å². The van der Waals surface area contributed by atoms with Gasteiger partial charge in [0.25, 0.3) is 0 Å². The molecule has 0 aliphatic heterocycles. The van der Waals surface area contributed by atoms with Crippen LogP contribution in [0.3, 0.4) is 0 Å². The molecule has 3 N–H and O–H groups in total. The van der Waals surface area contributed by atoms with Crippen molar-refractivity contribution in [2.24, 2.45) is 5.73 Å². The maximum absolute atomic E-state index is 13.5. The molecule has 0 fully saturated rings. The summed E-state index contributed by atoms with van der Waals surface area (Å²) in [5.41, 5.74) is 7.48. The van der Waals surface area contributed by atoms with Gasteiger partial charge in [0, 0.05) is 11.6 Å². The predicted molar refractivity (Wildman–Crippen MR) is 59.2 cm³/mol. The van der Waals surface area contributed by atoms with E-state index in [1.165, 1.54) is 12.1 Å². The minimum atomic E-state index is -0.539. The summed E-state index contributed by atoms with van der Waals surface area (Å²) in [5, 5.41) is 9.71. The van der Waals surface area contributed by atoms with Crippen molar-refractivity contribution in [3.8, 4) is 5.75 Å². The van der Waals surface area contributed by atoms with Crippen molar-refractivity contribution >= 4 is 0 Å². The number of aromatic hydroxyl groups is 1. The fourth-order valence-electron chi connectivity index (χ4n) is 1.52. The first-order chi connectivity index (χ1) is 6.93. The smallest absolute Gasteiger partial charge is 0.131 e. The summed E-state index contributed by atoms with van der Waals surface area (Å²) in [6, 6.07) is 2.31. The molecule has 0 amide bonds. The number of aryl methyl sites for hydroxylation is 1. The Morgan fingerprint density at radius 1 is 1.60 bits per heavy atom. The quantitative estimate of drug-likeness (QED) is 0.752. The van der Waals surface area contributed by atoms with Crippen molar-refractivity contribution in [3.63, 3.8) is 0 Å². The molecule has 2 nitrogen and oxygen atoms in total. The van der Waals surface area contributed by atoms with Gasteiger partial charge in [-0.1, -0.05) is 11.6 Å². The Hall–Kier alpha value is -1.35. The Kier molecular flexibility index (Phi) is 3.48. The molecule has 1 rings (SSSR count). The molecule has 0 spiro atoms. The van der Waals surface area contributed by atoms with Gasteiger partial charge in [-0.3, -0.25) is 0 Å². The normalized spacial score (nSPS) is 12.5. The largest absolute Gasteiger partial charge is 0.507 e. The summed E-state index contributed by atoms with van der Waals surface area (Å²) >= 11 is 0. The summed E-state index contributed by atoms with van der Waals surface area (Å²) < 4.78 is 13.5. The lowest BCUT2D eigenvalue weighted by Gasteiger charge is -2.15. The lowest BCUT2D eigenvalue weighted by Crippen LogP contribution is -2.13. The van der Waals surface area contributed by atoms with Crippen LogP contribution in [0.5, 0.6) is 5.75 Å². The molecule has 0 saturated carbocycles. The number of phenolic OH excluding ortho intramolecular Hbond substituents is 1. The average molecular weight is 209 g/mol. The van der Waals surface area contributed by atoms with E-state index in [2.05, 4.69) is 6.58 Å². The second-order valence-electron chi connectivity index (χ2n) is 3.89. The maximum Gasteiger partial charge on any atom is 0.131 e. The Morgan fingerprint density at radius 3 is 2.73 bits per heavy atom. The molecule has 0 unspecified atom stereocenters. The second-order valence-corrected chi connectivity index (χ2v) is 3.89. The van der Waals surface area contributed by atoms with Crippen LogP contribution >= 0.6 is 0 Å². The van der Waals surface area contributed by atoms with Crippen LogP contribution in [0.1, 0.15) is 30.5 Å². The van der Waals surface area contributed by atoms with E-state index < -0.39 is 11.9 Å². The molecular formula is C12H16FNO. The van der Waals surface area contributed by atoms with Gasteiger partial charge < -0.3 is 10.8 Å². The van der Waals surface area contributed by atoms with Gasteiger partial charge in [-0.15, -0.1) is 6.58 Å². The van der Waals surface area contributed by atoms with Gasteiger partial charge in [-0.25, -0.2) is 4.39 Å². The molecular weight excluding hydrogens is 193 g/mol. The number of hydrogen-bond acceptors (Lipinski definition) is 2. The third-order valence-corrected chi connectivity index (χ3v) is 2.30. The highest BCUT2D eigenvalue weighted by Gasteiger charge is 2.17. The highest BCUT2D eigenvalue weighted by Crippen LogP contribution is 2.31. The van der Waals surface area contributed by atoms with Crippen LogP contribution in [0, 0.1) is 12.7 Å². The molecule has 82 valence electrons. The van der Waals surface area contributed by atoms with Crippen LogP contribution in [0.15, 0.2) is 24.3 Å². The van der Waals surface area contributed by atoms with E-state index in [-0.39, 0.29) is 11.3 Å². The van der Waals surface area contributed by atoms with Gasteiger partial charge in [0.15, 0.2) is 0 Å². The highest BCUT2D eigenvalue weighted by molar-refractivity contribution is 5.42. The Morgan fingerprint density at radius 2 is 2.20 bits per heavy atom. The van der Waals surface area contributed by atoms with E-state index in [1.54, 1.807) is 6.92 Å². The second kappa shape index (κ2) is 4.45. The van der Waals surface area contributed by atoms with Crippen molar-refractivity contribution < 1.29 is 9.50 Å². The van der Waals surface area contributed by atoms with Crippen molar-refractivity contribution in [2.45, 2.75) is 26.3 Å². The third kappa shape index (κ3) is 2.57. The molecule has 0 aliphatic carbocycles. The molecule has 0 saturated heterocycles.